The van der Waals surface area contributed by atoms with E-state index in [0.717, 1.165) is 21.5 Å². The molecule has 0 spiro atoms. The minimum Gasteiger partial charge on any atom is -0.308 e. The van der Waals surface area contributed by atoms with E-state index in [0.29, 0.717) is 6.54 Å². The van der Waals surface area contributed by atoms with Gasteiger partial charge in [-0.25, -0.2) is 0 Å². The minimum absolute atomic E-state index is 0.0126. The van der Waals surface area contributed by atoms with Crippen molar-refractivity contribution in [2.24, 2.45) is 0 Å². The van der Waals surface area contributed by atoms with Crippen molar-refractivity contribution in [3.05, 3.63) is 63.7 Å². The second kappa shape index (κ2) is 5.11. The van der Waals surface area contributed by atoms with Crippen molar-refractivity contribution in [3.63, 3.8) is 0 Å². The Morgan fingerprint density at radius 1 is 1.19 bits per heavy atom. The van der Waals surface area contributed by atoms with Crippen LogP contribution >= 0.6 is 11.3 Å². The summed E-state index contributed by atoms with van der Waals surface area (Å²) in [6.07, 6.45) is 1.85. The van der Waals surface area contributed by atoms with Gasteiger partial charge >= 0.3 is 0 Å². The van der Waals surface area contributed by atoms with Crippen LogP contribution in [0.1, 0.15) is 32.2 Å². The molecule has 0 unspecified atom stereocenters. The molecule has 0 aliphatic rings. The van der Waals surface area contributed by atoms with Gasteiger partial charge in [0.15, 0.2) is 0 Å². The minimum atomic E-state index is 0.0126. The molecule has 0 saturated carbocycles. The van der Waals surface area contributed by atoms with Crippen molar-refractivity contribution < 1.29 is 0 Å². The molecule has 0 saturated heterocycles. The smallest absolute Gasteiger partial charge is 0.268 e. The Kier molecular flexibility index (Phi) is 3.41. The van der Waals surface area contributed by atoms with Crippen molar-refractivity contribution in [3.8, 4) is 0 Å². The zero-order valence-electron chi connectivity index (χ0n) is 12.5. The SMILES string of the molecule is CC(C)(C)c1cccc(Cn2ccc3ccsc3c2=O)n1. The zero-order chi connectivity index (χ0) is 15.0. The van der Waals surface area contributed by atoms with Crippen LogP contribution in [0.2, 0.25) is 0 Å². The lowest BCUT2D eigenvalue weighted by Crippen LogP contribution is -2.21. The quantitative estimate of drug-likeness (QED) is 0.721. The average molecular weight is 298 g/mol. The van der Waals surface area contributed by atoms with Gasteiger partial charge in [-0.2, -0.15) is 0 Å². The van der Waals surface area contributed by atoms with Crippen LogP contribution in [0.5, 0.6) is 0 Å². The van der Waals surface area contributed by atoms with E-state index in [-0.39, 0.29) is 11.0 Å². The van der Waals surface area contributed by atoms with Crippen molar-refractivity contribution >= 4 is 21.4 Å². The molecule has 0 aromatic carbocycles. The predicted molar refractivity (Wildman–Crippen MR) is 88.1 cm³/mol. The molecule has 3 aromatic rings. The Labute approximate surface area is 127 Å². The largest absolute Gasteiger partial charge is 0.308 e. The van der Waals surface area contributed by atoms with E-state index in [1.54, 1.807) is 4.57 Å². The molecule has 0 bridgehead atoms. The van der Waals surface area contributed by atoms with E-state index < -0.39 is 0 Å². The molecule has 108 valence electrons. The van der Waals surface area contributed by atoms with Crippen LogP contribution in [0.25, 0.3) is 10.1 Å². The van der Waals surface area contributed by atoms with Crippen LogP contribution in [0.4, 0.5) is 0 Å². The molecule has 3 heterocycles. The highest BCUT2D eigenvalue weighted by Crippen LogP contribution is 2.20. The van der Waals surface area contributed by atoms with E-state index in [9.17, 15) is 4.79 Å². The topological polar surface area (TPSA) is 34.9 Å². The number of hydrogen-bond donors (Lipinski definition) is 0. The fourth-order valence-corrected chi connectivity index (χ4v) is 3.12. The number of pyridine rings is 2. The van der Waals surface area contributed by atoms with E-state index >= 15 is 0 Å². The van der Waals surface area contributed by atoms with Crippen molar-refractivity contribution in [2.45, 2.75) is 32.7 Å². The summed E-state index contributed by atoms with van der Waals surface area (Å²) >= 11 is 1.49. The normalized spacial score (nSPS) is 12.0. The van der Waals surface area contributed by atoms with Crippen molar-refractivity contribution in [1.82, 2.24) is 9.55 Å². The van der Waals surface area contributed by atoms with Crippen LogP contribution < -0.4 is 5.56 Å². The van der Waals surface area contributed by atoms with Gasteiger partial charge in [-0.05, 0) is 35.0 Å². The van der Waals surface area contributed by atoms with Crippen LogP contribution in [-0.4, -0.2) is 9.55 Å². The summed E-state index contributed by atoms with van der Waals surface area (Å²) < 4.78 is 2.54. The number of hydrogen-bond acceptors (Lipinski definition) is 3. The summed E-state index contributed by atoms with van der Waals surface area (Å²) in [4.78, 5) is 17.1. The third-order valence-electron chi connectivity index (χ3n) is 3.49. The van der Waals surface area contributed by atoms with E-state index in [1.165, 1.54) is 11.3 Å². The standard InChI is InChI=1S/C17H18N2OS/c1-17(2,3)14-6-4-5-13(18-14)11-19-9-7-12-8-10-21-15(12)16(19)20/h4-10H,11H2,1-3H3. The fraction of sp³-hybridized carbons (Fsp3) is 0.294. The maximum atomic E-state index is 12.4. The first-order valence-electron chi connectivity index (χ1n) is 6.98. The summed E-state index contributed by atoms with van der Waals surface area (Å²) in [6, 6.07) is 9.98. The summed E-state index contributed by atoms with van der Waals surface area (Å²) in [5.41, 5.74) is 2.04. The predicted octanol–water partition coefficient (Wildman–Crippen LogP) is 3.80. The fourth-order valence-electron chi connectivity index (χ4n) is 2.28. The maximum Gasteiger partial charge on any atom is 0.268 e. The molecule has 0 atom stereocenters. The highest BCUT2D eigenvalue weighted by molar-refractivity contribution is 7.17. The molecule has 21 heavy (non-hydrogen) atoms. The van der Waals surface area contributed by atoms with Gasteiger partial charge < -0.3 is 4.57 Å². The van der Waals surface area contributed by atoms with Crippen LogP contribution in [0.15, 0.2) is 46.7 Å². The van der Waals surface area contributed by atoms with Crippen LogP contribution in [-0.2, 0) is 12.0 Å². The van der Waals surface area contributed by atoms with Gasteiger partial charge in [0.2, 0.25) is 0 Å². The molecule has 0 aliphatic carbocycles. The lowest BCUT2D eigenvalue weighted by atomic mass is 9.91. The monoisotopic (exact) mass is 298 g/mol. The first-order chi connectivity index (χ1) is 9.95. The second-order valence-electron chi connectivity index (χ2n) is 6.22. The number of fused-ring (bicyclic) bond motifs is 1. The third kappa shape index (κ3) is 2.76. The molecule has 0 amide bonds. The molecule has 4 heteroatoms. The van der Waals surface area contributed by atoms with Crippen molar-refractivity contribution in [1.29, 1.82) is 0 Å². The lowest BCUT2D eigenvalue weighted by Gasteiger charge is -2.18. The molecule has 3 aromatic heterocycles. The molecular formula is C17H18N2OS. The number of aromatic nitrogens is 2. The van der Waals surface area contributed by atoms with Gasteiger partial charge in [-0.15, -0.1) is 11.3 Å². The summed E-state index contributed by atoms with van der Waals surface area (Å²) in [5.74, 6) is 0. The molecule has 0 N–H and O–H groups in total. The van der Waals surface area contributed by atoms with Gasteiger partial charge in [0.05, 0.1) is 16.9 Å². The number of nitrogens with zero attached hydrogens (tertiary/aromatic N) is 2. The van der Waals surface area contributed by atoms with E-state index in [4.69, 9.17) is 4.98 Å². The van der Waals surface area contributed by atoms with Gasteiger partial charge in [0.25, 0.3) is 5.56 Å². The Morgan fingerprint density at radius 3 is 2.76 bits per heavy atom. The average Bonchev–Trinajstić information content (AvgIpc) is 2.91. The van der Waals surface area contributed by atoms with Crippen molar-refractivity contribution in [2.75, 3.05) is 0 Å². The Hall–Kier alpha value is -1.94. The Balaban J connectivity index is 1.99. The van der Waals surface area contributed by atoms with E-state index in [2.05, 4.69) is 20.8 Å². The molecular weight excluding hydrogens is 280 g/mol. The summed E-state index contributed by atoms with van der Waals surface area (Å²) in [6.45, 7) is 6.94. The number of thiophene rings is 1. The first kappa shape index (κ1) is 14.0. The van der Waals surface area contributed by atoms with E-state index in [1.807, 2.05) is 41.9 Å². The number of rotatable bonds is 2. The molecule has 3 rings (SSSR count). The highest BCUT2D eigenvalue weighted by atomic mass is 32.1. The third-order valence-corrected chi connectivity index (χ3v) is 4.41. The molecule has 3 nitrogen and oxygen atoms in total. The Morgan fingerprint density at radius 2 is 2.00 bits per heavy atom. The zero-order valence-corrected chi connectivity index (χ0v) is 13.3. The second-order valence-corrected chi connectivity index (χ2v) is 7.13. The van der Waals surface area contributed by atoms with Gasteiger partial charge in [-0.3, -0.25) is 9.78 Å². The molecule has 0 fully saturated rings. The maximum absolute atomic E-state index is 12.4. The highest BCUT2D eigenvalue weighted by Gasteiger charge is 2.15. The summed E-state index contributed by atoms with van der Waals surface area (Å²) in [7, 11) is 0. The van der Waals surface area contributed by atoms with Crippen LogP contribution in [0.3, 0.4) is 0 Å². The first-order valence-corrected chi connectivity index (χ1v) is 7.86. The lowest BCUT2D eigenvalue weighted by molar-refractivity contribution is 0.563. The van der Waals surface area contributed by atoms with Gasteiger partial charge in [-0.1, -0.05) is 26.8 Å². The Bertz CT molecular complexity index is 840. The molecule has 0 aliphatic heterocycles. The summed E-state index contributed by atoms with van der Waals surface area (Å²) in [5, 5.41) is 2.96. The van der Waals surface area contributed by atoms with Gasteiger partial charge in [0, 0.05) is 17.3 Å². The van der Waals surface area contributed by atoms with Crippen LogP contribution in [0, 0.1) is 0 Å². The molecule has 0 radical (unpaired) electrons. The van der Waals surface area contributed by atoms with Gasteiger partial charge in [0.1, 0.15) is 0 Å².